The first-order valence-corrected chi connectivity index (χ1v) is 8.07. The Balaban J connectivity index is 2.02. The van der Waals surface area contributed by atoms with E-state index < -0.39 is 0 Å². The lowest BCUT2D eigenvalue weighted by Gasteiger charge is -2.19. The molecule has 0 spiro atoms. The van der Waals surface area contributed by atoms with Gasteiger partial charge in [-0.2, -0.15) is 0 Å². The van der Waals surface area contributed by atoms with Crippen molar-refractivity contribution in [2.24, 2.45) is 0 Å². The van der Waals surface area contributed by atoms with E-state index in [2.05, 4.69) is 91.9 Å². The fourth-order valence-electron chi connectivity index (χ4n) is 3.03. The van der Waals surface area contributed by atoms with Crippen molar-refractivity contribution < 1.29 is 0 Å². The largest absolute Gasteiger partial charge is 0.0651 e. The molecule has 0 nitrogen and oxygen atoms in total. The molecule has 0 heteroatoms. The zero-order valence-electron chi connectivity index (χ0n) is 13.1. The van der Waals surface area contributed by atoms with Gasteiger partial charge in [0.15, 0.2) is 0 Å². The maximum atomic E-state index is 2.29. The number of aryl methyl sites for hydroxylation is 1. The first-order chi connectivity index (χ1) is 10.9. The number of benzene rings is 3. The Morgan fingerprint density at radius 3 is 1.50 bits per heavy atom. The van der Waals surface area contributed by atoms with Crippen LogP contribution >= 0.6 is 0 Å². The van der Waals surface area contributed by atoms with Gasteiger partial charge in [-0.05, 0) is 28.7 Å². The first-order valence-electron chi connectivity index (χ1n) is 8.07. The highest BCUT2D eigenvalue weighted by atomic mass is 14.2. The SMILES string of the molecule is CCCc1ccc(C(c2ccccc2)c2ccccc2)cc1. The Labute approximate surface area is 133 Å². The molecule has 110 valence electrons. The lowest BCUT2D eigenvalue weighted by atomic mass is 9.85. The van der Waals surface area contributed by atoms with Crippen LogP contribution in [0.4, 0.5) is 0 Å². The third-order valence-corrected chi connectivity index (χ3v) is 4.12. The Morgan fingerprint density at radius 2 is 1.05 bits per heavy atom. The number of hydrogen-bond acceptors (Lipinski definition) is 0. The highest BCUT2D eigenvalue weighted by molar-refractivity contribution is 5.43. The summed E-state index contributed by atoms with van der Waals surface area (Å²) in [7, 11) is 0. The monoisotopic (exact) mass is 286 g/mol. The molecule has 0 fully saturated rings. The van der Waals surface area contributed by atoms with Gasteiger partial charge in [0, 0.05) is 5.92 Å². The van der Waals surface area contributed by atoms with Crippen molar-refractivity contribution in [1.82, 2.24) is 0 Å². The molecule has 3 aromatic rings. The summed E-state index contributed by atoms with van der Waals surface area (Å²) >= 11 is 0. The molecule has 3 rings (SSSR count). The van der Waals surface area contributed by atoms with Crippen molar-refractivity contribution in [2.75, 3.05) is 0 Å². The maximum absolute atomic E-state index is 2.29. The van der Waals surface area contributed by atoms with Crippen molar-refractivity contribution in [1.29, 1.82) is 0 Å². The predicted molar refractivity (Wildman–Crippen MR) is 94.3 cm³/mol. The van der Waals surface area contributed by atoms with Crippen LogP contribution in [-0.2, 0) is 6.42 Å². The van der Waals surface area contributed by atoms with E-state index in [1.54, 1.807) is 0 Å². The molecule has 0 saturated heterocycles. The van der Waals surface area contributed by atoms with E-state index in [9.17, 15) is 0 Å². The van der Waals surface area contributed by atoms with Gasteiger partial charge in [-0.3, -0.25) is 0 Å². The van der Waals surface area contributed by atoms with Gasteiger partial charge < -0.3 is 0 Å². The molecule has 0 radical (unpaired) electrons. The van der Waals surface area contributed by atoms with Crippen molar-refractivity contribution in [3.63, 3.8) is 0 Å². The average Bonchev–Trinajstić information content (AvgIpc) is 2.59. The van der Waals surface area contributed by atoms with E-state index >= 15 is 0 Å². The summed E-state index contributed by atoms with van der Waals surface area (Å²) in [6.45, 7) is 2.23. The smallest absolute Gasteiger partial charge is 0.0339 e. The van der Waals surface area contributed by atoms with E-state index in [0.29, 0.717) is 5.92 Å². The van der Waals surface area contributed by atoms with Crippen LogP contribution in [0.25, 0.3) is 0 Å². The van der Waals surface area contributed by atoms with Crippen molar-refractivity contribution in [3.05, 3.63) is 107 Å². The zero-order chi connectivity index (χ0) is 15.2. The molecule has 0 atom stereocenters. The van der Waals surface area contributed by atoms with Gasteiger partial charge in [-0.25, -0.2) is 0 Å². The van der Waals surface area contributed by atoms with E-state index in [0.717, 1.165) is 6.42 Å². The second-order valence-corrected chi connectivity index (χ2v) is 5.75. The van der Waals surface area contributed by atoms with E-state index in [1.165, 1.54) is 28.7 Å². The summed E-state index contributed by atoms with van der Waals surface area (Å²) in [6.07, 6.45) is 2.35. The Morgan fingerprint density at radius 1 is 0.591 bits per heavy atom. The molecule has 0 heterocycles. The molecule has 0 aliphatic heterocycles. The molecular weight excluding hydrogens is 264 g/mol. The minimum atomic E-state index is 0.304. The first kappa shape index (κ1) is 14.6. The molecule has 0 saturated carbocycles. The van der Waals surface area contributed by atoms with E-state index in [-0.39, 0.29) is 0 Å². The average molecular weight is 286 g/mol. The third-order valence-electron chi connectivity index (χ3n) is 4.12. The fraction of sp³-hybridized carbons (Fsp3) is 0.182. The van der Waals surface area contributed by atoms with Crippen molar-refractivity contribution >= 4 is 0 Å². The standard InChI is InChI=1S/C22H22/c1-2-9-18-14-16-21(17-15-18)22(19-10-5-3-6-11-19)20-12-7-4-8-13-20/h3-8,10-17,22H,2,9H2,1H3. The molecule has 0 amide bonds. The van der Waals surface area contributed by atoms with E-state index in [4.69, 9.17) is 0 Å². The van der Waals surface area contributed by atoms with Crippen molar-refractivity contribution in [3.8, 4) is 0 Å². The van der Waals surface area contributed by atoms with Gasteiger partial charge in [0.25, 0.3) is 0 Å². The van der Waals surface area contributed by atoms with Crippen LogP contribution in [0.2, 0.25) is 0 Å². The minimum Gasteiger partial charge on any atom is -0.0651 e. The molecule has 0 bridgehead atoms. The molecule has 3 aromatic carbocycles. The van der Waals surface area contributed by atoms with E-state index in [1.807, 2.05) is 0 Å². The topological polar surface area (TPSA) is 0 Å². The van der Waals surface area contributed by atoms with Crippen LogP contribution in [0, 0.1) is 0 Å². The second-order valence-electron chi connectivity index (χ2n) is 5.75. The van der Waals surface area contributed by atoms with Gasteiger partial charge in [-0.1, -0.05) is 98.3 Å². The minimum absolute atomic E-state index is 0.304. The number of rotatable bonds is 5. The zero-order valence-corrected chi connectivity index (χ0v) is 13.1. The summed E-state index contributed by atoms with van der Waals surface area (Å²) in [5.41, 5.74) is 5.47. The summed E-state index contributed by atoms with van der Waals surface area (Å²) < 4.78 is 0. The van der Waals surface area contributed by atoms with Crippen LogP contribution in [0.1, 0.15) is 41.5 Å². The molecular formula is C22H22. The summed E-state index contributed by atoms with van der Waals surface area (Å²) in [6, 6.07) is 30.7. The Hall–Kier alpha value is -2.34. The van der Waals surface area contributed by atoms with Gasteiger partial charge in [-0.15, -0.1) is 0 Å². The van der Waals surface area contributed by atoms with Gasteiger partial charge in [0.05, 0.1) is 0 Å². The Kier molecular flexibility index (Phi) is 4.70. The Bertz CT molecular complexity index is 642. The summed E-state index contributed by atoms with van der Waals surface area (Å²) in [5, 5.41) is 0. The second kappa shape index (κ2) is 7.09. The van der Waals surface area contributed by atoms with Gasteiger partial charge >= 0.3 is 0 Å². The van der Waals surface area contributed by atoms with Crippen LogP contribution in [-0.4, -0.2) is 0 Å². The molecule has 0 aliphatic carbocycles. The molecule has 0 N–H and O–H groups in total. The summed E-state index contributed by atoms with van der Waals surface area (Å²) in [5.74, 6) is 0.304. The third kappa shape index (κ3) is 3.28. The molecule has 22 heavy (non-hydrogen) atoms. The summed E-state index contributed by atoms with van der Waals surface area (Å²) in [4.78, 5) is 0. The number of hydrogen-bond donors (Lipinski definition) is 0. The van der Waals surface area contributed by atoms with Crippen LogP contribution in [0.15, 0.2) is 84.9 Å². The van der Waals surface area contributed by atoms with Crippen LogP contribution in [0.5, 0.6) is 0 Å². The lowest BCUT2D eigenvalue weighted by Crippen LogP contribution is -2.03. The van der Waals surface area contributed by atoms with Gasteiger partial charge in [0.1, 0.15) is 0 Å². The molecule has 0 aromatic heterocycles. The van der Waals surface area contributed by atoms with Gasteiger partial charge in [0.2, 0.25) is 0 Å². The predicted octanol–water partition coefficient (Wildman–Crippen LogP) is 5.82. The van der Waals surface area contributed by atoms with Crippen LogP contribution in [0.3, 0.4) is 0 Å². The molecule has 0 unspecified atom stereocenters. The van der Waals surface area contributed by atoms with Crippen LogP contribution < -0.4 is 0 Å². The highest BCUT2D eigenvalue weighted by Gasteiger charge is 2.15. The maximum Gasteiger partial charge on any atom is 0.0339 e. The fourth-order valence-corrected chi connectivity index (χ4v) is 3.03. The van der Waals surface area contributed by atoms with Crippen molar-refractivity contribution in [2.45, 2.75) is 25.7 Å². The lowest BCUT2D eigenvalue weighted by molar-refractivity contribution is 0.915. The normalized spacial score (nSPS) is 10.8. The quantitative estimate of drug-likeness (QED) is 0.518. The highest BCUT2D eigenvalue weighted by Crippen LogP contribution is 2.31. The molecule has 0 aliphatic rings.